The summed E-state index contributed by atoms with van der Waals surface area (Å²) in [4.78, 5) is 11.1. The Morgan fingerprint density at radius 1 is 1.47 bits per heavy atom. The first-order valence-electron chi connectivity index (χ1n) is 5.86. The zero-order valence-corrected chi connectivity index (χ0v) is 10.3. The summed E-state index contributed by atoms with van der Waals surface area (Å²) >= 11 is 0. The van der Waals surface area contributed by atoms with E-state index in [9.17, 15) is 9.90 Å². The molecule has 94 valence electrons. The van der Waals surface area contributed by atoms with Crippen molar-refractivity contribution in [3.8, 4) is 11.5 Å². The van der Waals surface area contributed by atoms with Crippen LogP contribution in [0.5, 0.6) is 11.5 Å². The molecule has 0 spiro atoms. The van der Waals surface area contributed by atoms with Crippen LogP contribution in [0.1, 0.15) is 38.2 Å². The standard InChI is InChI=1S/C13H19NO3/c1-3-9(8-14)10-5-6-12(11(15)7-10)17-13(16)4-2/h5-7,9,15H,3-4,8,14H2,1-2H3. The second-order valence-corrected chi connectivity index (χ2v) is 3.90. The first-order valence-corrected chi connectivity index (χ1v) is 5.86. The number of hydrogen-bond donors (Lipinski definition) is 2. The van der Waals surface area contributed by atoms with Crippen LogP contribution in [0.4, 0.5) is 0 Å². The Kier molecular flexibility index (Phi) is 4.97. The van der Waals surface area contributed by atoms with Gasteiger partial charge in [-0.1, -0.05) is 19.9 Å². The van der Waals surface area contributed by atoms with E-state index < -0.39 is 0 Å². The van der Waals surface area contributed by atoms with Crippen molar-refractivity contribution in [2.24, 2.45) is 5.73 Å². The Bertz CT molecular complexity index is 386. The molecule has 0 bridgehead atoms. The number of hydrogen-bond acceptors (Lipinski definition) is 4. The van der Waals surface area contributed by atoms with E-state index in [0.717, 1.165) is 12.0 Å². The molecule has 1 unspecified atom stereocenters. The smallest absolute Gasteiger partial charge is 0.311 e. The molecule has 1 aromatic rings. The number of aromatic hydroxyl groups is 1. The van der Waals surface area contributed by atoms with Gasteiger partial charge in [-0.2, -0.15) is 0 Å². The van der Waals surface area contributed by atoms with Crippen LogP contribution in [0.15, 0.2) is 18.2 Å². The van der Waals surface area contributed by atoms with Gasteiger partial charge in [0.05, 0.1) is 0 Å². The van der Waals surface area contributed by atoms with Crippen LogP contribution in [0, 0.1) is 0 Å². The molecule has 0 aliphatic heterocycles. The molecule has 4 nitrogen and oxygen atoms in total. The van der Waals surface area contributed by atoms with Gasteiger partial charge < -0.3 is 15.6 Å². The van der Waals surface area contributed by atoms with E-state index in [-0.39, 0.29) is 29.8 Å². The Balaban J connectivity index is 2.89. The summed E-state index contributed by atoms with van der Waals surface area (Å²) in [6, 6.07) is 5.05. The SMILES string of the molecule is CCC(=O)Oc1ccc(C(CC)CN)cc1O. The summed E-state index contributed by atoms with van der Waals surface area (Å²) in [5.74, 6) is 0.0411. The van der Waals surface area contributed by atoms with E-state index >= 15 is 0 Å². The van der Waals surface area contributed by atoms with Gasteiger partial charge in [0.25, 0.3) is 0 Å². The molecule has 0 amide bonds. The molecule has 1 rings (SSSR count). The highest BCUT2D eigenvalue weighted by Gasteiger charge is 2.12. The summed E-state index contributed by atoms with van der Waals surface area (Å²) in [5, 5.41) is 9.76. The van der Waals surface area contributed by atoms with Crippen LogP contribution in [0.2, 0.25) is 0 Å². The molecular weight excluding hydrogens is 218 g/mol. The minimum absolute atomic E-state index is 0.0174. The lowest BCUT2D eigenvalue weighted by Gasteiger charge is -2.14. The molecule has 1 aromatic carbocycles. The Morgan fingerprint density at radius 3 is 2.65 bits per heavy atom. The second kappa shape index (κ2) is 6.25. The highest BCUT2D eigenvalue weighted by Crippen LogP contribution is 2.30. The molecular formula is C13H19NO3. The summed E-state index contributed by atoms with van der Waals surface area (Å²) in [6.45, 7) is 4.28. The lowest BCUT2D eigenvalue weighted by molar-refractivity contribution is -0.134. The highest BCUT2D eigenvalue weighted by atomic mass is 16.5. The number of carbonyl (C=O) groups is 1. The number of nitrogens with two attached hydrogens (primary N) is 1. The molecule has 17 heavy (non-hydrogen) atoms. The van der Waals surface area contributed by atoms with E-state index in [0.29, 0.717) is 6.54 Å². The monoisotopic (exact) mass is 237 g/mol. The topological polar surface area (TPSA) is 72.5 Å². The lowest BCUT2D eigenvalue weighted by atomic mass is 9.96. The fourth-order valence-electron chi connectivity index (χ4n) is 1.61. The Hall–Kier alpha value is -1.55. The maximum absolute atomic E-state index is 11.1. The highest BCUT2D eigenvalue weighted by molar-refractivity contribution is 5.72. The molecule has 0 saturated carbocycles. The normalized spacial score (nSPS) is 12.2. The van der Waals surface area contributed by atoms with Gasteiger partial charge in [-0.3, -0.25) is 4.79 Å². The molecule has 0 aliphatic carbocycles. The summed E-state index contributed by atoms with van der Waals surface area (Å²) in [6.07, 6.45) is 1.19. The van der Waals surface area contributed by atoms with Crippen molar-refractivity contribution in [3.63, 3.8) is 0 Å². The average molecular weight is 237 g/mol. The van der Waals surface area contributed by atoms with Crippen LogP contribution >= 0.6 is 0 Å². The minimum atomic E-state index is -0.362. The van der Waals surface area contributed by atoms with Crippen molar-refractivity contribution < 1.29 is 14.6 Å². The number of phenols is 1. The molecule has 4 heteroatoms. The molecule has 1 atom stereocenters. The van der Waals surface area contributed by atoms with Crippen molar-refractivity contribution in [1.29, 1.82) is 0 Å². The van der Waals surface area contributed by atoms with Gasteiger partial charge >= 0.3 is 5.97 Å². The van der Waals surface area contributed by atoms with Crippen LogP contribution in [0.3, 0.4) is 0 Å². The average Bonchev–Trinajstić information content (AvgIpc) is 2.33. The molecule has 0 radical (unpaired) electrons. The van der Waals surface area contributed by atoms with Gasteiger partial charge in [0.1, 0.15) is 0 Å². The fourth-order valence-corrected chi connectivity index (χ4v) is 1.61. The Labute approximate surface area is 101 Å². The van der Waals surface area contributed by atoms with Crippen molar-refractivity contribution in [1.82, 2.24) is 0 Å². The first-order chi connectivity index (χ1) is 8.12. The summed E-state index contributed by atoms with van der Waals surface area (Å²) < 4.78 is 4.98. The maximum atomic E-state index is 11.1. The molecule has 0 aliphatic rings. The van der Waals surface area contributed by atoms with E-state index in [1.54, 1.807) is 19.1 Å². The predicted octanol–water partition coefficient (Wildman–Crippen LogP) is 2.16. The van der Waals surface area contributed by atoms with E-state index in [2.05, 4.69) is 0 Å². The molecule has 3 N–H and O–H groups in total. The number of ether oxygens (including phenoxy) is 1. The zero-order chi connectivity index (χ0) is 12.8. The number of carbonyl (C=O) groups excluding carboxylic acids is 1. The van der Waals surface area contributed by atoms with Crippen molar-refractivity contribution in [2.75, 3.05) is 6.54 Å². The Morgan fingerprint density at radius 2 is 2.18 bits per heavy atom. The first kappa shape index (κ1) is 13.5. The third kappa shape index (κ3) is 3.46. The fraction of sp³-hybridized carbons (Fsp3) is 0.462. The van der Waals surface area contributed by atoms with Gasteiger partial charge in [-0.05, 0) is 36.6 Å². The van der Waals surface area contributed by atoms with E-state index in [1.807, 2.05) is 13.0 Å². The summed E-state index contributed by atoms with van der Waals surface area (Å²) in [5.41, 5.74) is 6.60. The van der Waals surface area contributed by atoms with Gasteiger partial charge in [0.2, 0.25) is 0 Å². The predicted molar refractivity (Wildman–Crippen MR) is 66.1 cm³/mol. The van der Waals surface area contributed by atoms with Gasteiger partial charge in [0.15, 0.2) is 11.5 Å². The zero-order valence-electron chi connectivity index (χ0n) is 10.3. The second-order valence-electron chi connectivity index (χ2n) is 3.90. The number of benzene rings is 1. The van der Waals surface area contributed by atoms with Gasteiger partial charge in [-0.25, -0.2) is 0 Å². The van der Waals surface area contributed by atoms with Crippen LogP contribution in [0.25, 0.3) is 0 Å². The molecule has 0 aromatic heterocycles. The quantitative estimate of drug-likeness (QED) is 0.608. The van der Waals surface area contributed by atoms with Gasteiger partial charge in [0, 0.05) is 6.42 Å². The van der Waals surface area contributed by atoms with Crippen LogP contribution < -0.4 is 10.5 Å². The molecule has 0 fully saturated rings. The van der Waals surface area contributed by atoms with Crippen LogP contribution in [-0.4, -0.2) is 17.6 Å². The number of rotatable bonds is 5. The largest absolute Gasteiger partial charge is 0.504 e. The maximum Gasteiger partial charge on any atom is 0.311 e. The third-order valence-electron chi connectivity index (χ3n) is 2.74. The van der Waals surface area contributed by atoms with E-state index in [4.69, 9.17) is 10.5 Å². The van der Waals surface area contributed by atoms with Crippen molar-refractivity contribution in [3.05, 3.63) is 23.8 Å². The van der Waals surface area contributed by atoms with Gasteiger partial charge in [-0.15, -0.1) is 0 Å². The van der Waals surface area contributed by atoms with Crippen LogP contribution in [-0.2, 0) is 4.79 Å². The minimum Gasteiger partial charge on any atom is -0.504 e. The van der Waals surface area contributed by atoms with Crippen molar-refractivity contribution in [2.45, 2.75) is 32.6 Å². The van der Waals surface area contributed by atoms with Crippen molar-refractivity contribution >= 4 is 5.97 Å². The molecule has 0 saturated heterocycles. The third-order valence-corrected chi connectivity index (χ3v) is 2.74. The molecule has 0 heterocycles. The number of esters is 1. The summed E-state index contributed by atoms with van der Waals surface area (Å²) in [7, 11) is 0. The number of phenolic OH excluding ortho intramolecular Hbond substituents is 1. The lowest BCUT2D eigenvalue weighted by Crippen LogP contribution is -2.11. The van der Waals surface area contributed by atoms with E-state index in [1.165, 1.54) is 0 Å².